The van der Waals surface area contributed by atoms with Crippen LogP contribution in [0.1, 0.15) is 0 Å². The van der Waals surface area contributed by atoms with Crippen molar-refractivity contribution in [3.05, 3.63) is 79.0 Å². The minimum absolute atomic E-state index is 0.0963. The lowest BCUT2D eigenvalue weighted by atomic mass is 10.0. The standard InChI is InChI=1S/C25H16FN5O2/c26-16-5-14(6-17(32)9-16)24-20-10-23(29-21(20)3-4-28-24)25-19-8-13(1-2-22(19)30-31-25)15-7-18(33)12-27-11-15/h1-12,29,32-33H,(H,30,31). The van der Waals surface area contributed by atoms with Gasteiger partial charge in [0.2, 0.25) is 0 Å². The number of rotatable bonds is 3. The Morgan fingerprint density at radius 2 is 1.58 bits per heavy atom. The highest BCUT2D eigenvalue weighted by Gasteiger charge is 2.16. The molecule has 2 aromatic carbocycles. The van der Waals surface area contributed by atoms with E-state index >= 15 is 0 Å². The highest BCUT2D eigenvalue weighted by molar-refractivity contribution is 6.00. The molecule has 4 N–H and O–H groups in total. The van der Waals surface area contributed by atoms with E-state index in [1.165, 1.54) is 18.3 Å². The summed E-state index contributed by atoms with van der Waals surface area (Å²) in [6.07, 6.45) is 4.71. The van der Waals surface area contributed by atoms with Crippen molar-refractivity contribution in [2.45, 2.75) is 0 Å². The van der Waals surface area contributed by atoms with Crippen LogP contribution in [0, 0.1) is 5.82 Å². The van der Waals surface area contributed by atoms with Gasteiger partial charge in [0, 0.05) is 45.9 Å². The number of aromatic amines is 2. The summed E-state index contributed by atoms with van der Waals surface area (Å²) < 4.78 is 13.9. The topological polar surface area (TPSA) is 111 Å². The molecular formula is C25H16FN5O2. The molecule has 0 unspecified atom stereocenters. The molecule has 4 heterocycles. The lowest BCUT2D eigenvalue weighted by Gasteiger charge is -2.03. The van der Waals surface area contributed by atoms with E-state index in [1.54, 1.807) is 18.5 Å². The average molecular weight is 437 g/mol. The maximum atomic E-state index is 13.9. The Morgan fingerprint density at radius 1 is 0.727 bits per heavy atom. The number of hydrogen-bond acceptors (Lipinski definition) is 5. The van der Waals surface area contributed by atoms with E-state index < -0.39 is 5.82 Å². The van der Waals surface area contributed by atoms with E-state index in [2.05, 4.69) is 25.1 Å². The summed E-state index contributed by atoms with van der Waals surface area (Å²) in [7, 11) is 0. The molecule has 0 aliphatic carbocycles. The maximum Gasteiger partial charge on any atom is 0.134 e. The summed E-state index contributed by atoms with van der Waals surface area (Å²) in [5.74, 6) is -0.599. The summed E-state index contributed by atoms with van der Waals surface area (Å²) in [6.45, 7) is 0. The van der Waals surface area contributed by atoms with Crippen LogP contribution in [0.3, 0.4) is 0 Å². The second-order valence-electron chi connectivity index (χ2n) is 7.77. The zero-order chi connectivity index (χ0) is 22.5. The molecule has 0 radical (unpaired) electrons. The van der Waals surface area contributed by atoms with Crippen molar-refractivity contribution in [2.24, 2.45) is 0 Å². The third-order valence-corrected chi connectivity index (χ3v) is 5.58. The summed E-state index contributed by atoms with van der Waals surface area (Å²) in [5.41, 5.74) is 5.85. The van der Waals surface area contributed by atoms with Crippen molar-refractivity contribution in [3.8, 4) is 45.3 Å². The monoisotopic (exact) mass is 437 g/mol. The van der Waals surface area contributed by atoms with Crippen LogP contribution in [-0.4, -0.2) is 35.4 Å². The molecule has 0 atom stereocenters. The van der Waals surface area contributed by atoms with Crippen LogP contribution in [0.4, 0.5) is 4.39 Å². The number of pyridine rings is 2. The Balaban J connectivity index is 1.51. The predicted octanol–water partition coefficient (Wildman–Crippen LogP) is 5.39. The Bertz CT molecular complexity index is 1650. The largest absolute Gasteiger partial charge is 0.508 e. The van der Waals surface area contributed by atoms with Crippen LogP contribution in [0.15, 0.2) is 73.2 Å². The van der Waals surface area contributed by atoms with Crippen molar-refractivity contribution in [3.63, 3.8) is 0 Å². The molecule has 33 heavy (non-hydrogen) atoms. The highest BCUT2D eigenvalue weighted by atomic mass is 19.1. The van der Waals surface area contributed by atoms with Crippen LogP contribution in [0.2, 0.25) is 0 Å². The molecule has 0 spiro atoms. The Morgan fingerprint density at radius 3 is 2.42 bits per heavy atom. The smallest absolute Gasteiger partial charge is 0.134 e. The molecular weight excluding hydrogens is 421 g/mol. The molecule has 0 amide bonds. The second-order valence-corrected chi connectivity index (χ2v) is 7.77. The fraction of sp³-hybridized carbons (Fsp3) is 0. The Labute approximate surface area is 186 Å². The van der Waals surface area contributed by atoms with E-state index in [-0.39, 0.29) is 11.5 Å². The van der Waals surface area contributed by atoms with Gasteiger partial charge in [0.15, 0.2) is 0 Å². The number of H-pyrrole nitrogens is 2. The van der Waals surface area contributed by atoms with Gasteiger partial charge in [0.05, 0.1) is 23.1 Å². The molecule has 0 aliphatic heterocycles. The Hall–Kier alpha value is -4.72. The maximum absolute atomic E-state index is 13.9. The molecule has 8 heteroatoms. The highest BCUT2D eigenvalue weighted by Crippen LogP contribution is 2.35. The van der Waals surface area contributed by atoms with E-state index in [0.29, 0.717) is 17.0 Å². The molecule has 0 fully saturated rings. The SMILES string of the molecule is Oc1cncc(-c2ccc3[nH]nc(-c4cc5c(-c6cc(O)cc(F)c6)nccc5[nH]4)c3c2)c1. The summed E-state index contributed by atoms with van der Waals surface area (Å²) in [6, 6.07) is 15.1. The van der Waals surface area contributed by atoms with Crippen LogP contribution in [0.25, 0.3) is 55.6 Å². The lowest BCUT2D eigenvalue weighted by molar-refractivity contribution is 0.469. The number of phenolic OH excluding ortho intramolecular Hbond substituents is 1. The average Bonchev–Trinajstić information content (AvgIpc) is 3.41. The van der Waals surface area contributed by atoms with Gasteiger partial charge in [-0.2, -0.15) is 5.10 Å². The van der Waals surface area contributed by atoms with Crippen LogP contribution in [-0.2, 0) is 0 Å². The van der Waals surface area contributed by atoms with Gasteiger partial charge in [-0.15, -0.1) is 0 Å². The quantitative estimate of drug-likeness (QED) is 0.297. The second kappa shape index (κ2) is 7.16. The molecule has 6 aromatic rings. The molecule has 0 saturated heterocycles. The zero-order valence-corrected chi connectivity index (χ0v) is 17.0. The van der Waals surface area contributed by atoms with Gasteiger partial charge in [0.1, 0.15) is 23.0 Å². The number of benzene rings is 2. The molecule has 0 aliphatic rings. The van der Waals surface area contributed by atoms with E-state index in [1.807, 2.05) is 30.3 Å². The van der Waals surface area contributed by atoms with Gasteiger partial charge in [-0.1, -0.05) is 6.07 Å². The zero-order valence-electron chi connectivity index (χ0n) is 17.0. The number of phenols is 1. The van der Waals surface area contributed by atoms with E-state index in [9.17, 15) is 14.6 Å². The van der Waals surface area contributed by atoms with Crippen LogP contribution >= 0.6 is 0 Å². The van der Waals surface area contributed by atoms with Gasteiger partial charge in [-0.25, -0.2) is 4.39 Å². The number of nitrogens with one attached hydrogen (secondary N) is 2. The van der Waals surface area contributed by atoms with Crippen molar-refractivity contribution >= 4 is 21.8 Å². The van der Waals surface area contributed by atoms with Crippen molar-refractivity contribution in [1.29, 1.82) is 0 Å². The third-order valence-electron chi connectivity index (χ3n) is 5.58. The summed E-state index contributed by atoms with van der Waals surface area (Å²) in [5, 5.41) is 28.8. The number of fused-ring (bicyclic) bond motifs is 2. The van der Waals surface area contributed by atoms with Gasteiger partial charge >= 0.3 is 0 Å². The molecule has 0 bridgehead atoms. The number of aromatic hydroxyl groups is 2. The van der Waals surface area contributed by atoms with Crippen LogP contribution in [0.5, 0.6) is 11.5 Å². The van der Waals surface area contributed by atoms with Gasteiger partial charge in [0.25, 0.3) is 0 Å². The third kappa shape index (κ3) is 3.25. The lowest BCUT2D eigenvalue weighted by Crippen LogP contribution is -1.85. The molecule has 0 saturated carbocycles. The number of aromatic nitrogens is 5. The van der Waals surface area contributed by atoms with Gasteiger partial charge < -0.3 is 15.2 Å². The van der Waals surface area contributed by atoms with Crippen molar-refractivity contribution in [2.75, 3.05) is 0 Å². The van der Waals surface area contributed by atoms with Crippen molar-refractivity contribution < 1.29 is 14.6 Å². The minimum atomic E-state index is -0.535. The summed E-state index contributed by atoms with van der Waals surface area (Å²) in [4.78, 5) is 11.8. The fourth-order valence-corrected chi connectivity index (χ4v) is 4.11. The molecule has 7 nitrogen and oxygen atoms in total. The first-order chi connectivity index (χ1) is 16.0. The van der Waals surface area contributed by atoms with Crippen LogP contribution < -0.4 is 0 Å². The first-order valence-corrected chi connectivity index (χ1v) is 10.2. The number of halogens is 1. The summed E-state index contributed by atoms with van der Waals surface area (Å²) >= 11 is 0. The number of hydrogen-bond donors (Lipinski definition) is 4. The fourth-order valence-electron chi connectivity index (χ4n) is 4.11. The van der Waals surface area contributed by atoms with Gasteiger partial charge in [-0.05, 0) is 48.0 Å². The molecule has 6 rings (SSSR count). The number of nitrogens with zero attached hydrogens (tertiary/aromatic N) is 3. The van der Waals surface area contributed by atoms with E-state index in [4.69, 9.17) is 0 Å². The molecule has 160 valence electrons. The minimum Gasteiger partial charge on any atom is -0.508 e. The van der Waals surface area contributed by atoms with Crippen molar-refractivity contribution in [1.82, 2.24) is 25.1 Å². The van der Waals surface area contributed by atoms with E-state index in [0.717, 1.165) is 44.7 Å². The normalized spacial score (nSPS) is 11.4. The first-order valence-electron chi connectivity index (χ1n) is 10.2. The first kappa shape index (κ1) is 19.0. The molecule has 4 aromatic heterocycles. The Kier molecular flexibility index (Phi) is 4.13. The van der Waals surface area contributed by atoms with Gasteiger partial charge in [-0.3, -0.25) is 15.1 Å². The predicted molar refractivity (Wildman–Crippen MR) is 123 cm³/mol.